The van der Waals surface area contributed by atoms with Crippen LogP contribution >= 0.6 is 0 Å². The molecule has 0 radical (unpaired) electrons. The molecule has 1 rings (SSSR count). The predicted molar refractivity (Wildman–Crippen MR) is 90.8 cm³/mol. The van der Waals surface area contributed by atoms with Gasteiger partial charge in [0.1, 0.15) is 6.04 Å². The topological polar surface area (TPSA) is 49.4 Å². The van der Waals surface area contributed by atoms with Crippen LogP contribution in [0.1, 0.15) is 91.4 Å². The molecular weight excluding hydrogens is 276 g/mol. The van der Waals surface area contributed by atoms with Crippen molar-refractivity contribution in [1.29, 1.82) is 0 Å². The van der Waals surface area contributed by atoms with Gasteiger partial charge in [-0.25, -0.2) is 4.79 Å². The van der Waals surface area contributed by atoms with Gasteiger partial charge >= 0.3 is 6.03 Å². The van der Waals surface area contributed by atoms with E-state index in [1.807, 2.05) is 6.92 Å². The van der Waals surface area contributed by atoms with Crippen LogP contribution in [0, 0.1) is 0 Å². The molecule has 1 N–H and O–H groups in total. The van der Waals surface area contributed by atoms with Gasteiger partial charge in [-0.3, -0.25) is 9.69 Å². The number of nitrogens with zero attached hydrogens (tertiary/aromatic N) is 1. The Balaban J connectivity index is 2.56. The molecular formula is C18H34N2O2. The second-order valence-corrected chi connectivity index (χ2v) is 6.47. The van der Waals surface area contributed by atoms with Crippen LogP contribution in [-0.2, 0) is 4.79 Å². The summed E-state index contributed by atoms with van der Waals surface area (Å²) in [6.07, 6.45) is 12.1. The van der Waals surface area contributed by atoms with E-state index in [4.69, 9.17) is 0 Å². The minimum Gasteiger partial charge on any atom is -0.326 e. The molecule has 128 valence electrons. The van der Waals surface area contributed by atoms with Crippen molar-refractivity contribution in [2.45, 2.75) is 103 Å². The largest absolute Gasteiger partial charge is 0.326 e. The first-order valence-corrected chi connectivity index (χ1v) is 9.29. The molecule has 22 heavy (non-hydrogen) atoms. The van der Waals surface area contributed by atoms with E-state index in [0.29, 0.717) is 6.42 Å². The van der Waals surface area contributed by atoms with E-state index in [0.717, 1.165) is 25.7 Å². The number of carbonyl (C=O) groups is 2. The highest BCUT2D eigenvalue weighted by molar-refractivity contribution is 6.04. The van der Waals surface area contributed by atoms with Crippen LogP contribution in [0.4, 0.5) is 4.79 Å². The monoisotopic (exact) mass is 310 g/mol. The molecule has 0 aromatic rings. The number of nitrogens with one attached hydrogen (secondary N) is 1. The molecule has 0 aromatic carbocycles. The third-order valence-corrected chi connectivity index (χ3v) is 4.61. The van der Waals surface area contributed by atoms with Crippen LogP contribution in [0.5, 0.6) is 0 Å². The Kier molecular flexibility index (Phi) is 9.17. The van der Waals surface area contributed by atoms with Gasteiger partial charge in [-0.05, 0) is 19.3 Å². The minimum atomic E-state index is -0.304. The molecule has 1 unspecified atom stereocenters. The molecule has 1 aliphatic rings. The maximum absolute atomic E-state index is 12.4. The molecule has 4 nitrogen and oxygen atoms in total. The molecule has 1 fully saturated rings. The number of hydrogen-bond acceptors (Lipinski definition) is 2. The summed E-state index contributed by atoms with van der Waals surface area (Å²) in [6, 6.07) is -0.384. The summed E-state index contributed by atoms with van der Waals surface area (Å²) < 4.78 is 0. The second-order valence-electron chi connectivity index (χ2n) is 6.47. The molecule has 1 saturated heterocycles. The van der Waals surface area contributed by atoms with Crippen molar-refractivity contribution >= 4 is 11.9 Å². The molecule has 0 spiro atoms. The van der Waals surface area contributed by atoms with Crippen molar-refractivity contribution in [2.75, 3.05) is 0 Å². The van der Waals surface area contributed by atoms with Gasteiger partial charge in [0.25, 0.3) is 5.91 Å². The van der Waals surface area contributed by atoms with Crippen LogP contribution in [-0.4, -0.2) is 28.9 Å². The maximum Gasteiger partial charge on any atom is 0.325 e. The standard InChI is InChI=1S/C18H34N2O2/c1-4-7-9-10-12-14-15(13-11-8-5-2)20-17(21)16(6-3)19-18(20)22/h15-16H,4-14H2,1-3H3,(H,19,22)/t15?,16-/m1/s1. The number of imide groups is 1. The summed E-state index contributed by atoms with van der Waals surface area (Å²) >= 11 is 0. The highest BCUT2D eigenvalue weighted by Crippen LogP contribution is 2.22. The SMILES string of the molecule is CCCCCCCC(CCCCC)N1C(=O)N[C@H](CC)C1=O. The van der Waals surface area contributed by atoms with Crippen LogP contribution in [0.3, 0.4) is 0 Å². The third-order valence-electron chi connectivity index (χ3n) is 4.61. The third kappa shape index (κ3) is 5.62. The van der Waals surface area contributed by atoms with Crippen molar-refractivity contribution in [3.8, 4) is 0 Å². The Bertz CT molecular complexity index is 344. The Morgan fingerprint density at radius 1 is 0.909 bits per heavy atom. The Morgan fingerprint density at radius 3 is 2.00 bits per heavy atom. The first-order chi connectivity index (χ1) is 10.7. The van der Waals surface area contributed by atoms with Gasteiger partial charge < -0.3 is 5.32 Å². The lowest BCUT2D eigenvalue weighted by Crippen LogP contribution is -2.41. The second kappa shape index (κ2) is 10.6. The Labute approximate surface area is 136 Å². The zero-order valence-corrected chi connectivity index (χ0v) is 14.7. The summed E-state index contributed by atoms with van der Waals surface area (Å²) in [6.45, 7) is 6.34. The summed E-state index contributed by atoms with van der Waals surface area (Å²) in [5.41, 5.74) is 0. The average molecular weight is 310 g/mol. The Hall–Kier alpha value is -1.06. The minimum absolute atomic E-state index is 0.0115. The lowest BCUT2D eigenvalue weighted by Gasteiger charge is -2.25. The van der Waals surface area contributed by atoms with Crippen molar-refractivity contribution < 1.29 is 9.59 Å². The smallest absolute Gasteiger partial charge is 0.325 e. The van der Waals surface area contributed by atoms with E-state index in [9.17, 15) is 9.59 Å². The number of carbonyl (C=O) groups excluding carboxylic acids is 2. The molecule has 0 aliphatic carbocycles. The van der Waals surface area contributed by atoms with Crippen molar-refractivity contribution in [3.63, 3.8) is 0 Å². The summed E-state index contributed by atoms with van der Waals surface area (Å²) in [7, 11) is 0. The van der Waals surface area contributed by atoms with Crippen LogP contribution in [0.15, 0.2) is 0 Å². The predicted octanol–water partition coefficient (Wildman–Crippen LogP) is 4.63. The van der Waals surface area contributed by atoms with Gasteiger partial charge in [0.05, 0.1) is 0 Å². The molecule has 3 amide bonds. The van der Waals surface area contributed by atoms with Gasteiger partial charge in [-0.1, -0.05) is 72.1 Å². The van der Waals surface area contributed by atoms with Gasteiger partial charge in [-0.2, -0.15) is 0 Å². The fraction of sp³-hybridized carbons (Fsp3) is 0.889. The molecule has 2 atom stereocenters. The molecule has 0 bridgehead atoms. The van der Waals surface area contributed by atoms with E-state index in [1.54, 1.807) is 0 Å². The Morgan fingerprint density at radius 2 is 1.45 bits per heavy atom. The van der Waals surface area contributed by atoms with E-state index in [-0.39, 0.29) is 24.0 Å². The molecule has 0 saturated carbocycles. The highest BCUT2D eigenvalue weighted by Gasteiger charge is 2.40. The molecule has 1 heterocycles. The normalized spacial score (nSPS) is 19.6. The lowest BCUT2D eigenvalue weighted by atomic mass is 9.99. The highest BCUT2D eigenvalue weighted by atomic mass is 16.2. The van der Waals surface area contributed by atoms with Crippen LogP contribution in [0.25, 0.3) is 0 Å². The molecule has 0 aromatic heterocycles. The fourth-order valence-electron chi connectivity index (χ4n) is 3.19. The summed E-state index contributed by atoms with van der Waals surface area (Å²) in [4.78, 5) is 26.1. The molecule has 4 heteroatoms. The number of urea groups is 1. The molecule has 1 aliphatic heterocycles. The quantitative estimate of drug-likeness (QED) is 0.422. The van der Waals surface area contributed by atoms with E-state index < -0.39 is 0 Å². The van der Waals surface area contributed by atoms with E-state index in [2.05, 4.69) is 19.2 Å². The van der Waals surface area contributed by atoms with Gasteiger partial charge in [0.2, 0.25) is 0 Å². The van der Waals surface area contributed by atoms with Crippen molar-refractivity contribution in [3.05, 3.63) is 0 Å². The zero-order chi connectivity index (χ0) is 16.4. The first kappa shape index (κ1) is 19.0. The van der Waals surface area contributed by atoms with Crippen molar-refractivity contribution in [2.24, 2.45) is 0 Å². The zero-order valence-electron chi connectivity index (χ0n) is 14.7. The number of hydrogen-bond donors (Lipinski definition) is 1. The van der Waals surface area contributed by atoms with Crippen LogP contribution in [0.2, 0.25) is 0 Å². The number of unbranched alkanes of at least 4 members (excludes halogenated alkanes) is 6. The summed E-state index contributed by atoms with van der Waals surface area (Å²) in [5.74, 6) is -0.0115. The van der Waals surface area contributed by atoms with E-state index >= 15 is 0 Å². The first-order valence-electron chi connectivity index (χ1n) is 9.29. The van der Waals surface area contributed by atoms with Crippen molar-refractivity contribution in [1.82, 2.24) is 10.2 Å². The van der Waals surface area contributed by atoms with Gasteiger partial charge in [0.15, 0.2) is 0 Å². The lowest BCUT2D eigenvalue weighted by molar-refractivity contribution is -0.129. The van der Waals surface area contributed by atoms with E-state index in [1.165, 1.54) is 43.4 Å². The average Bonchev–Trinajstić information content (AvgIpc) is 2.80. The maximum atomic E-state index is 12.4. The van der Waals surface area contributed by atoms with Gasteiger partial charge in [-0.15, -0.1) is 0 Å². The van der Waals surface area contributed by atoms with Gasteiger partial charge in [0, 0.05) is 6.04 Å². The number of rotatable bonds is 12. The number of amides is 3. The van der Waals surface area contributed by atoms with Crippen LogP contribution < -0.4 is 5.32 Å². The fourth-order valence-corrected chi connectivity index (χ4v) is 3.19. The summed E-state index contributed by atoms with van der Waals surface area (Å²) in [5, 5.41) is 2.82.